The molecule has 2 bridgehead atoms. The zero-order valence-corrected chi connectivity index (χ0v) is 11.5. The van der Waals surface area contributed by atoms with Gasteiger partial charge in [-0.25, -0.2) is 4.98 Å². The number of aliphatic carboxylic acids is 1. The lowest BCUT2D eigenvalue weighted by atomic mass is 9.84. The minimum Gasteiger partial charge on any atom is -0.481 e. The molecule has 2 aliphatic rings. The molecule has 0 aromatic carbocycles. The van der Waals surface area contributed by atoms with Crippen LogP contribution in [0.1, 0.15) is 41.4 Å². The number of hydrogen-bond acceptors (Lipinski definition) is 4. The van der Waals surface area contributed by atoms with Crippen molar-refractivity contribution in [2.45, 2.75) is 39.2 Å². The average Bonchev–Trinajstić information content (AvgIpc) is 3.03. The predicted molar refractivity (Wildman–Crippen MR) is 69.2 cm³/mol. The molecular formula is C14H18N2O4. The molecule has 2 N–H and O–H groups in total. The largest absolute Gasteiger partial charge is 0.481 e. The second kappa shape index (κ2) is 4.61. The number of amides is 1. The van der Waals surface area contributed by atoms with Crippen LogP contribution in [0.3, 0.4) is 0 Å². The predicted octanol–water partition coefficient (Wildman–Crippen LogP) is 1.52. The maximum atomic E-state index is 12.2. The first-order chi connectivity index (χ1) is 9.47. The molecule has 0 radical (unpaired) electrons. The monoisotopic (exact) mass is 278 g/mol. The number of carboxylic acids is 1. The van der Waals surface area contributed by atoms with Crippen LogP contribution in [-0.4, -0.2) is 28.0 Å². The second-order valence-corrected chi connectivity index (χ2v) is 5.84. The fraction of sp³-hybridized carbons (Fsp3) is 0.643. The molecule has 0 saturated heterocycles. The van der Waals surface area contributed by atoms with Crippen molar-refractivity contribution in [3.63, 3.8) is 0 Å². The number of fused-ring (bicyclic) bond motifs is 2. The van der Waals surface area contributed by atoms with Gasteiger partial charge in [0.25, 0.3) is 5.91 Å². The number of oxazole rings is 1. The smallest absolute Gasteiger partial charge is 0.308 e. The Balaban J connectivity index is 1.78. The summed E-state index contributed by atoms with van der Waals surface area (Å²) in [6.07, 6.45) is 2.85. The van der Waals surface area contributed by atoms with Crippen LogP contribution in [0.15, 0.2) is 4.42 Å². The van der Waals surface area contributed by atoms with Crippen molar-refractivity contribution in [2.75, 3.05) is 0 Å². The van der Waals surface area contributed by atoms with E-state index in [4.69, 9.17) is 4.42 Å². The van der Waals surface area contributed by atoms with Crippen LogP contribution in [0.25, 0.3) is 0 Å². The van der Waals surface area contributed by atoms with Gasteiger partial charge in [0.05, 0.1) is 11.6 Å². The van der Waals surface area contributed by atoms with E-state index in [1.807, 2.05) is 0 Å². The van der Waals surface area contributed by atoms with Crippen molar-refractivity contribution in [3.8, 4) is 0 Å². The maximum absolute atomic E-state index is 12.2. The lowest BCUT2D eigenvalue weighted by Crippen LogP contribution is -2.46. The molecule has 6 nitrogen and oxygen atoms in total. The van der Waals surface area contributed by atoms with E-state index in [1.54, 1.807) is 13.8 Å². The standard InChI is InChI=1S/C14H18N2O4/c1-6-12(20-7(2)15-6)13(17)16-11-9-4-3-8(5-9)10(11)14(18)19/h8-11H,3-5H2,1-2H3,(H,16,17)(H,18,19). The summed E-state index contributed by atoms with van der Waals surface area (Å²) >= 11 is 0. The van der Waals surface area contributed by atoms with Crippen LogP contribution in [0, 0.1) is 31.6 Å². The molecule has 2 fully saturated rings. The number of carboxylic acid groups (broad SMARTS) is 1. The third kappa shape index (κ3) is 1.99. The van der Waals surface area contributed by atoms with Crippen LogP contribution < -0.4 is 5.32 Å². The van der Waals surface area contributed by atoms with Gasteiger partial charge in [-0.1, -0.05) is 0 Å². The van der Waals surface area contributed by atoms with Crippen LogP contribution in [0.4, 0.5) is 0 Å². The van der Waals surface area contributed by atoms with E-state index < -0.39 is 11.9 Å². The Kier molecular flexibility index (Phi) is 3.03. The molecule has 1 heterocycles. The van der Waals surface area contributed by atoms with E-state index in [2.05, 4.69) is 10.3 Å². The van der Waals surface area contributed by atoms with Gasteiger partial charge in [-0.05, 0) is 38.0 Å². The quantitative estimate of drug-likeness (QED) is 0.874. The SMILES string of the molecule is Cc1nc(C)c(C(=O)NC2C3CCC(C3)C2C(=O)O)o1. The van der Waals surface area contributed by atoms with Gasteiger partial charge in [-0.15, -0.1) is 0 Å². The summed E-state index contributed by atoms with van der Waals surface area (Å²) < 4.78 is 5.29. The number of rotatable bonds is 3. The normalized spacial score (nSPS) is 31.5. The molecule has 0 spiro atoms. The number of aryl methyl sites for hydroxylation is 2. The van der Waals surface area contributed by atoms with Crippen molar-refractivity contribution in [1.82, 2.24) is 10.3 Å². The molecule has 1 aromatic heterocycles. The minimum absolute atomic E-state index is 0.189. The third-order valence-corrected chi connectivity index (χ3v) is 4.61. The Morgan fingerprint density at radius 3 is 2.60 bits per heavy atom. The average molecular weight is 278 g/mol. The van der Waals surface area contributed by atoms with Gasteiger partial charge < -0.3 is 14.8 Å². The summed E-state index contributed by atoms with van der Waals surface area (Å²) in [7, 11) is 0. The molecule has 6 heteroatoms. The fourth-order valence-corrected chi connectivity index (χ4v) is 3.81. The highest BCUT2D eigenvalue weighted by Gasteiger charge is 2.51. The number of nitrogens with zero attached hydrogens (tertiary/aromatic N) is 1. The van der Waals surface area contributed by atoms with E-state index in [1.165, 1.54) is 0 Å². The summed E-state index contributed by atoms with van der Waals surface area (Å²) in [5, 5.41) is 12.2. The van der Waals surface area contributed by atoms with E-state index in [0.29, 0.717) is 11.6 Å². The summed E-state index contributed by atoms with van der Waals surface area (Å²) in [6, 6.07) is -0.288. The first kappa shape index (κ1) is 13.1. The molecular weight excluding hydrogens is 260 g/mol. The van der Waals surface area contributed by atoms with E-state index >= 15 is 0 Å². The Labute approximate surface area is 116 Å². The highest BCUT2D eigenvalue weighted by atomic mass is 16.4. The molecule has 2 saturated carbocycles. The highest BCUT2D eigenvalue weighted by Crippen LogP contribution is 2.48. The first-order valence-electron chi connectivity index (χ1n) is 6.95. The van der Waals surface area contributed by atoms with Crippen molar-refractivity contribution < 1.29 is 19.1 Å². The highest BCUT2D eigenvalue weighted by molar-refractivity contribution is 5.93. The van der Waals surface area contributed by atoms with Gasteiger partial charge >= 0.3 is 5.97 Å². The summed E-state index contributed by atoms with van der Waals surface area (Å²) in [4.78, 5) is 27.7. The summed E-state index contributed by atoms with van der Waals surface area (Å²) in [6.45, 7) is 3.39. The number of aromatic nitrogens is 1. The molecule has 20 heavy (non-hydrogen) atoms. The third-order valence-electron chi connectivity index (χ3n) is 4.61. The lowest BCUT2D eigenvalue weighted by molar-refractivity contribution is -0.144. The number of nitrogens with one attached hydrogen (secondary N) is 1. The Bertz CT molecular complexity index is 566. The van der Waals surface area contributed by atoms with Crippen LogP contribution in [-0.2, 0) is 4.79 Å². The number of carbonyl (C=O) groups excluding carboxylic acids is 1. The zero-order chi connectivity index (χ0) is 14.4. The summed E-state index contributed by atoms with van der Waals surface area (Å²) in [5.41, 5.74) is 0.537. The molecule has 3 rings (SSSR count). The topological polar surface area (TPSA) is 92.4 Å². The van der Waals surface area contributed by atoms with E-state index in [9.17, 15) is 14.7 Å². The van der Waals surface area contributed by atoms with Crippen molar-refractivity contribution in [2.24, 2.45) is 17.8 Å². The van der Waals surface area contributed by atoms with Crippen LogP contribution >= 0.6 is 0 Å². The minimum atomic E-state index is -0.812. The summed E-state index contributed by atoms with van der Waals surface area (Å²) in [5.74, 6) is -0.540. The van der Waals surface area contributed by atoms with Gasteiger partial charge in [0.15, 0.2) is 5.89 Å². The maximum Gasteiger partial charge on any atom is 0.308 e. The van der Waals surface area contributed by atoms with Crippen molar-refractivity contribution in [3.05, 3.63) is 17.3 Å². The van der Waals surface area contributed by atoms with E-state index in [-0.39, 0.29) is 29.5 Å². The number of carbonyl (C=O) groups is 2. The van der Waals surface area contributed by atoms with Crippen LogP contribution in [0.5, 0.6) is 0 Å². The molecule has 108 valence electrons. The Morgan fingerprint density at radius 1 is 1.30 bits per heavy atom. The molecule has 1 aromatic rings. The first-order valence-corrected chi connectivity index (χ1v) is 6.95. The lowest BCUT2D eigenvalue weighted by Gasteiger charge is -2.28. The zero-order valence-electron chi connectivity index (χ0n) is 11.5. The van der Waals surface area contributed by atoms with Crippen molar-refractivity contribution >= 4 is 11.9 Å². The van der Waals surface area contributed by atoms with Crippen molar-refractivity contribution in [1.29, 1.82) is 0 Å². The fourth-order valence-electron chi connectivity index (χ4n) is 3.81. The molecule has 1 amide bonds. The van der Waals surface area contributed by atoms with Gasteiger partial charge in [-0.3, -0.25) is 9.59 Å². The van der Waals surface area contributed by atoms with Crippen LogP contribution in [0.2, 0.25) is 0 Å². The molecule has 4 unspecified atom stereocenters. The van der Waals surface area contributed by atoms with Gasteiger partial charge in [0.2, 0.25) is 5.76 Å². The van der Waals surface area contributed by atoms with Gasteiger partial charge in [0.1, 0.15) is 0 Å². The Hall–Kier alpha value is -1.85. The molecule has 4 atom stereocenters. The van der Waals surface area contributed by atoms with E-state index in [0.717, 1.165) is 19.3 Å². The Morgan fingerprint density at radius 2 is 2.00 bits per heavy atom. The van der Waals surface area contributed by atoms with Gasteiger partial charge in [0, 0.05) is 13.0 Å². The second-order valence-electron chi connectivity index (χ2n) is 5.84. The van der Waals surface area contributed by atoms with Gasteiger partial charge in [-0.2, -0.15) is 0 Å². The molecule has 2 aliphatic carbocycles. The number of hydrogen-bond donors (Lipinski definition) is 2. The molecule has 0 aliphatic heterocycles.